The van der Waals surface area contributed by atoms with Crippen molar-refractivity contribution < 1.29 is 24.2 Å². The van der Waals surface area contributed by atoms with Crippen molar-refractivity contribution in [3.8, 4) is 0 Å². The summed E-state index contributed by atoms with van der Waals surface area (Å²) in [5, 5.41) is 10.6. The minimum atomic E-state index is -0.629. The number of aliphatic hydroxyl groups is 1. The van der Waals surface area contributed by atoms with Crippen LogP contribution >= 0.6 is 0 Å². The molecule has 0 aromatic rings. The number of hydrogen-bond donors (Lipinski definition) is 1. The molecule has 4 bridgehead atoms. The highest BCUT2D eigenvalue weighted by Crippen LogP contribution is 2.61. The van der Waals surface area contributed by atoms with Crippen molar-refractivity contribution in [1.82, 2.24) is 0 Å². The summed E-state index contributed by atoms with van der Waals surface area (Å²) in [7, 11) is 0. The number of carbonyl (C=O) groups is 2. The van der Waals surface area contributed by atoms with E-state index in [-0.39, 0.29) is 12.0 Å². The Labute approximate surface area is 124 Å². The fourth-order valence-corrected chi connectivity index (χ4v) is 5.04. The van der Waals surface area contributed by atoms with Crippen molar-refractivity contribution in [2.24, 2.45) is 17.3 Å². The van der Waals surface area contributed by atoms with Gasteiger partial charge in [0.05, 0.1) is 12.2 Å². The Morgan fingerprint density at radius 3 is 2.43 bits per heavy atom. The van der Waals surface area contributed by atoms with Gasteiger partial charge in [0.25, 0.3) is 0 Å². The van der Waals surface area contributed by atoms with Crippen LogP contribution < -0.4 is 0 Å². The minimum Gasteiger partial charge on any atom is -0.463 e. The van der Waals surface area contributed by atoms with Crippen molar-refractivity contribution >= 4 is 11.9 Å². The van der Waals surface area contributed by atoms with Gasteiger partial charge in [-0.25, -0.2) is 9.59 Å². The Morgan fingerprint density at radius 1 is 1.19 bits per heavy atom. The largest absolute Gasteiger partial charge is 0.463 e. The van der Waals surface area contributed by atoms with E-state index in [2.05, 4.69) is 11.3 Å². The Bertz CT molecular complexity index is 455. The second-order valence-electron chi connectivity index (χ2n) is 7.16. The van der Waals surface area contributed by atoms with Crippen molar-refractivity contribution in [3.05, 3.63) is 12.7 Å². The summed E-state index contributed by atoms with van der Waals surface area (Å²) >= 11 is 0. The van der Waals surface area contributed by atoms with Gasteiger partial charge in [-0.05, 0) is 50.4 Å². The van der Waals surface area contributed by atoms with Crippen LogP contribution in [-0.4, -0.2) is 35.9 Å². The molecule has 0 aliphatic heterocycles. The third kappa shape index (κ3) is 2.98. The molecule has 1 N–H and O–H groups in total. The van der Waals surface area contributed by atoms with Crippen molar-refractivity contribution in [1.29, 1.82) is 0 Å². The zero-order chi connectivity index (χ0) is 15.1. The number of esters is 2. The first-order chi connectivity index (χ1) is 9.92. The SMILES string of the molecule is C=CC(=O)OCC(=O)OCC12CC3CC(CC(O)(C3)C1)C2. The van der Waals surface area contributed by atoms with Crippen molar-refractivity contribution in [2.75, 3.05) is 13.2 Å². The molecule has 4 aliphatic carbocycles. The summed E-state index contributed by atoms with van der Waals surface area (Å²) in [4.78, 5) is 22.5. The van der Waals surface area contributed by atoms with Gasteiger partial charge in [0.15, 0.2) is 6.61 Å². The summed E-state index contributed by atoms with van der Waals surface area (Å²) in [6.07, 6.45) is 6.81. The zero-order valence-corrected chi connectivity index (χ0v) is 12.2. The van der Waals surface area contributed by atoms with E-state index in [0.29, 0.717) is 18.4 Å². The normalized spacial score (nSPS) is 39.9. The van der Waals surface area contributed by atoms with E-state index in [1.54, 1.807) is 0 Å². The lowest BCUT2D eigenvalue weighted by Gasteiger charge is -2.59. The molecule has 0 heterocycles. The molecule has 0 amide bonds. The Hall–Kier alpha value is -1.36. The lowest BCUT2D eigenvalue weighted by atomic mass is 9.48. The maximum atomic E-state index is 11.6. The highest BCUT2D eigenvalue weighted by Gasteiger charge is 2.57. The minimum absolute atomic E-state index is 0.0725. The predicted octanol–water partition coefficient (Wildman–Crippen LogP) is 1.59. The standard InChI is InChI=1S/C16H22O5/c1-2-13(17)20-8-14(18)21-10-15-4-11-3-12(5-15)7-16(19,6-11)9-15/h2,11-12,19H,1,3-10H2. The summed E-state index contributed by atoms with van der Waals surface area (Å²) in [5.41, 5.74) is -0.622. The molecule has 5 nitrogen and oxygen atoms in total. The summed E-state index contributed by atoms with van der Waals surface area (Å²) in [6.45, 7) is 3.21. The summed E-state index contributed by atoms with van der Waals surface area (Å²) in [5.74, 6) is -0.0360. The maximum Gasteiger partial charge on any atom is 0.344 e. The van der Waals surface area contributed by atoms with E-state index in [0.717, 1.165) is 38.2 Å². The number of hydrogen-bond acceptors (Lipinski definition) is 5. The molecule has 2 unspecified atom stereocenters. The van der Waals surface area contributed by atoms with E-state index in [4.69, 9.17) is 4.74 Å². The average Bonchev–Trinajstić information content (AvgIpc) is 2.40. The fourth-order valence-electron chi connectivity index (χ4n) is 5.04. The van der Waals surface area contributed by atoms with Crippen LogP contribution in [0.2, 0.25) is 0 Å². The molecular weight excluding hydrogens is 272 g/mol. The highest BCUT2D eigenvalue weighted by molar-refractivity contribution is 5.83. The van der Waals surface area contributed by atoms with Crippen LogP contribution in [-0.2, 0) is 19.1 Å². The highest BCUT2D eigenvalue weighted by atomic mass is 16.6. The van der Waals surface area contributed by atoms with E-state index >= 15 is 0 Å². The fraction of sp³-hybridized carbons (Fsp3) is 0.750. The molecule has 0 aromatic heterocycles. The molecule has 0 radical (unpaired) electrons. The van der Waals surface area contributed by atoms with Gasteiger partial charge in [-0.15, -0.1) is 0 Å². The van der Waals surface area contributed by atoms with Crippen LogP contribution in [0, 0.1) is 17.3 Å². The average molecular weight is 294 g/mol. The lowest BCUT2D eigenvalue weighted by molar-refractivity contribution is -0.188. The van der Waals surface area contributed by atoms with Gasteiger partial charge in [0.1, 0.15) is 0 Å². The van der Waals surface area contributed by atoms with Gasteiger partial charge in [-0.3, -0.25) is 0 Å². The first-order valence-electron chi connectivity index (χ1n) is 7.59. The second kappa shape index (κ2) is 5.13. The molecule has 5 heteroatoms. The Balaban J connectivity index is 1.54. The molecule has 0 aromatic carbocycles. The maximum absolute atomic E-state index is 11.6. The van der Waals surface area contributed by atoms with E-state index in [1.807, 2.05) is 0 Å². The van der Waals surface area contributed by atoms with E-state index in [1.165, 1.54) is 6.42 Å². The summed E-state index contributed by atoms with van der Waals surface area (Å²) in [6, 6.07) is 0. The third-order valence-electron chi connectivity index (χ3n) is 5.19. The number of carbonyl (C=O) groups excluding carboxylic acids is 2. The van der Waals surface area contributed by atoms with Crippen LogP contribution in [0.15, 0.2) is 12.7 Å². The molecule has 0 spiro atoms. The molecule has 4 saturated carbocycles. The van der Waals surface area contributed by atoms with Crippen LogP contribution in [0.3, 0.4) is 0 Å². The molecule has 0 saturated heterocycles. The van der Waals surface area contributed by atoms with Crippen LogP contribution in [0.1, 0.15) is 38.5 Å². The van der Waals surface area contributed by atoms with Gasteiger partial charge in [0, 0.05) is 11.5 Å². The van der Waals surface area contributed by atoms with Gasteiger partial charge in [0.2, 0.25) is 0 Å². The van der Waals surface area contributed by atoms with Gasteiger partial charge >= 0.3 is 11.9 Å². The van der Waals surface area contributed by atoms with Crippen molar-refractivity contribution in [3.63, 3.8) is 0 Å². The van der Waals surface area contributed by atoms with Gasteiger partial charge in [-0.1, -0.05) is 6.58 Å². The van der Waals surface area contributed by atoms with Crippen LogP contribution in [0.4, 0.5) is 0 Å². The Kier molecular flexibility index (Phi) is 3.56. The quantitative estimate of drug-likeness (QED) is 0.616. The lowest BCUT2D eigenvalue weighted by Crippen LogP contribution is -2.57. The Morgan fingerprint density at radius 2 is 1.86 bits per heavy atom. The molecule has 21 heavy (non-hydrogen) atoms. The smallest absolute Gasteiger partial charge is 0.344 e. The van der Waals surface area contributed by atoms with Crippen molar-refractivity contribution in [2.45, 2.75) is 44.1 Å². The number of rotatable bonds is 5. The summed E-state index contributed by atoms with van der Waals surface area (Å²) < 4.78 is 9.97. The van der Waals surface area contributed by atoms with Gasteiger partial charge < -0.3 is 14.6 Å². The molecular formula is C16H22O5. The zero-order valence-electron chi connectivity index (χ0n) is 12.2. The molecule has 4 aliphatic rings. The van der Waals surface area contributed by atoms with E-state index < -0.39 is 17.5 Å². The first kappa shape index (κ1) is 14.6. The van der Waals surface area contributed by atoms with Gasteiger partial charge in [-0.2, -0.15) is 0 Å². The molecule has 116 valence electrons. The molecule has 4 rings (SSSR count). The monoisotopic (exact) mass is 294 g/mol. The molecule has 2 atom stereocenters. The molecule has 4 fully saturated rings. The second-order valence-corrected chi connectivity index (χ2v) is 7.16. The first-order valence-corrected chi connectivity index (χ1v) is 7.59. The third-order valence-corrected chi connectivity index (χ3v) is 5.19. The van der Waals surface area contributed by atoms with Crippen LogP contribution in [0.25, 0.3) is 0 Å². The van der Waals surface area contributed by atoms with Crippen LogP contribution in [0.5, 0.6) is 0 Å². The number of ether oxygens (including phenoxy) is 2. The predicted molar refractivity (Wildman–Crippen MR) is 74.2 cm³/mol. The topological polar surface area (TPSA) is 72.8 Å². The van der Waals surface area contributed by atoms with E-state index in [9.17, 15) is 14.7 Å².